The third-order valence-electron chi connectivity index (χ3n) is 7.41. The molecule has 4 atom stereocenters. The molecule has 0 saturated carbocycles. The number of Topliss-reactive ketones (excluding diaryl/α,β-unsaturated/α-hetero) is 1. The van der Waals surface area contributed by atoms with Gasteiger partial charge in [0, 0.05) is 49.9 Å². The first-order valence-electron chi connectivity index (χ1n) is 12.6. The molecule has 3 fully saturated rings. The largest absolute Gasteiger partial charge is 0.369 e. The van der Waals surface area contributed by atoms with Crippen molar-refractivity contribution in [3.63, 3.8) is 0 Å². The van der Waals surface area contributed by atoms with Gasteiger partial charge in [0.25, 0.3) is 5.91 Å². The van der Waals surface area contributed by atoms with E-state index in [1.165, 1.54) is 0 Å². The van der Waals surface area contributed by atoms with Gasteiger partial charge < -0.3 is 24.8 Å². The molecule has 0 spiro atoms. The highest BCUT2D eigenvalue weighted by Gasteiger charge is 2.52. The van der Waals surface area contributed by atoms with Gasteiger partial charge in [-0.3, -0.25) is 14.4 Å². The van der Waals surface area contributed by atoms with Crippen molar-refractivity contribution >= 4 is 23.3 Å². The van der Waals surface area contributed by atoms with Gasteiger partial charge >= 0.3 is 0 Å². The summed E-state index contributed by atoms with van der Waals surface area (Å²) in [7, 11) is 2.12. The number of ether oxygens (including phenoxy) is 1. The molecule has 4 rings (SSSR count). The van der Waals surface area contributed by atoms with Gasteiger partial charge in [-0.2, -0.15) is 0 Å². The number of carbonyl (C=O) groups is 3. The Bertz CT molecular complexity index is 895. The lowest BCUT2D eigenvalue weighted by Gasteiger charge is -2.34. The fourth-order valence-electron chi connectivity index (χ4n) is 5.36. The third-order valence-corrected chi connectivity index (χ3v) is 7.41. The van der Waals surface area contributed by atoms with Crippen molar-refractivity contribution in [1.29, 1.82) is 0 Å². The van der Waals surface area contributed by atoms with Crippen molar-refractivity contribution < 1.29 is 19.1 Å². The number of rotatable bonds is 7. The van der Waals surface area contributed by atoms with Gasteiger partial charge in [0.1, 0.15) is 18.7 Å². The Labute approximate surface area is 202 Å². The second-order valence-corrected chi connectivity index (χ2v) is 10.3. The number of likely N-dealkylation sites (tertiary alicyclic amines) is 1. The molecular formula is C26H38N4O4. The van der Waals surface area contributed by atoms with Gasteiger partial charge in [-0.25, -0.2) is 0 Å². The van der Waals surface area contributed by atoms with Crippen molar-refractivity contribution in [1.82, 2.24) is 15.1 Å². The number of nitrogens with one attached hydrogen (secondary N) is 1. The number of amides is 2. The summed E-state index contributed by atoms with van der Waals surface area (Å²) < 4.78 is 5.71. The number of fused-ring (bicyclic) bond motifs is 1. The number of piperazine rings is 1. The van der Waals surface area contributed by atoms with Crippen LogP contribution in [0.25, 0.3) is 0 Å². The molecule has 1 N–H and O–H groups in total. The van der Waals surface area contributed by atoms with E-state index >= 15 is 0 Å². The maximum atomic E-state index is 13.6. The van der Waals surface area contributed by atoms with Crippen LogP contribution in [0.15, 0.2) is 24.3 Å². The van der Waals surface area contributed by atoms with Crippen LogP contribution in [0.4, 0.5) is 5.69 Å². The molecule has 1 aromatic carbocycles. The minimum Gasteiger partial charge on any atom is -0.369 e. The number of ketones is 1. The van der Waals surface area contributed by atoms with E-state index in [2.05, 4.69) is 29.1 Å². The number of benzene rings is 1. The molecule has 1 aromatic rings. The maximum Gasteiger partial charge on any atom is 0.251 e. The van der Waals surface area contributed by atoms with Crippen LogP contribution in [0.5, 0.6) is 0 Å². The summed E-state index contributed by atoms with van der Waals surface area (Å²) in [6.07, 6.45) is 1.14. The number of carbonyl (C=O) groups excluding carboxylic acids is 3. The van der Waals surface area contributed by atoms with Gasteiger partial charge in [-0.1, -0.05) is 20.8 Å². The highest BCUT2D eigenvalue weighted by Crippen LogP contribution is 2.34. The zero-order valence-electron chi connectivity index (χ0n) is 20.8. The minimum atomic E-state index is -0.672. The summed E-state index contributed by atoms with van der Waals surface area (Å²) in [4.78, 5) is 45.5. The average molecular weight is 471 g/mol. The molecule has 8 heteroatoms. The van der Waals surface area contributed by atoms with Crippen molar-refractivity contribution in [3.05, 3.63) is 29.8 Å². The Morgan fingerprint density at radius 2 is 1.79 bits per heavy atom. The van der Waals surface area contributed by atoms with Crippen LogP contribution in [0.2, 0.25) is 0 Å². The van der Waals surface area contributed by atoms with E-state index in [0.29, 0.717) is 18.5 Å². The summed E-state index contributed by atoms with van der Waals surface area (Å²) in [5.41, 5.74) is 1.64. The van der Waals surface area contributed by atoms with Gasteiger partial charge in [-0.15, -0.1) is 0 Å². The Hall–Kier alpha value is -2.45. The van der Waals surface area contributed by atoms with Gasteiger partial charge in [-0.05, 0) is 50.1 Å². The number of nitrogens with zero attached hydrogens (tertiary/aromatic N) is 3. The predicted molar refractivity (Wildman–Crippen MR) is 131 cm³/mol. The molecule has 0 bridgehead atoms. The highest BCUT2D eigenvalue weighted by atomic mass is 16.5. The van der Waals surface area contributed by atoms with E-state index in [4.69, 9.17) is 4.74 Å². The lowest BCUT2D eigenvalue weighted by atomic mass is 9.99. The molecule has 3 heterocycles. The Morgan fingerprint density at radius 1 is 1.12 bits per heavy atom. The van der Waals surface area contributed by atoms with Crippen LogP contribution in [-0.4, -0.2) is 92.0 Å². The summed E-state index contributed by atoms with van der Waals surface area (Å²) in [6, 6.07) is 6.41. The molecule has 1 unspecified atom stereocenters. The van der Waals surface area contributed by atoms with E-state index in [1.54, 1.807) is 4.90 Å². The lowest BCUT2D eigenvalue weighted by Crippen LogP contribution is -2.52. The summed E-state index contributed by atoms with van der Waals surface area (Å²) in [5.74, 6) is -0.118. The van der Waals surface area contributed by atoms with E-state index < -0.39 is 12.1 Å². The predicted octanol–water partition coefficient (Wildman–Crippen LogP) is 1.79. The highest BCUT2D eigenvalue weighted by molar-refractivity contribution is 5.99. The van der Waals surface area contributed by atoms with Crippen LogP contribution in [0.1, 0.15) is 44.0 Å². The maximum absolute atomic E-state index is 13.6. The molecule has 3 aliphatic heterocycles. The van der Waals surface area contributed by atoms with Gasteiger partial charge in [0.2, 0.25) is 5.91 Å². The van der Waals surface area contributed by atoms with Crippen LogP contribution in [0.3, 0.4) is 0 Å². The molecule has 3 saturated heterocycles. The molecule has 0 radical (unpaired) electrons. The van der Waals surface area contributed by atoms with Crippen LogP contribution in [0, 0.1) is 11.8 Å². The Kier molecular flexibility index (Phi) is 7.57. The zero-order valence-corrected chi connectivity index (χ0v) is 20.8. The molecule has 186 valence electrons. The van der Waals surface area contributed by atoms with E-state index in [1.807, 2.05) is 38.1 Å². The molecule has 8 nitrogen and oxygen atoms in total. The number of hydrogen-bond acceptors (Lipinski definition) is 6. The first-order chi connectivity index (χ1) is 16.3. The Balaban J connectivity index is 1.45. The minimum absolute atomic E-state index is 0.0385. The quantitative estimate of drug-likeness (QED) is 0.654. The first kappa shape index (κ1) is 24.7. The summed E-state index contributed by atoms with van der Waals surface area (Å²) >= 11 is 0. The fourth-order valence-corrected chi connectivity index (χ4v) is 5.36. The van der Waals surface area contributed by atoms with E-state index in [9.17, 15) is 14.4 Å². The smallest absolute Gasteiger partial charge is 0.251 e. The molecule has 3 aliphatic rings. The van der Waals surface area contributed by atoms with Crippen LogP contribution >= 0.6 is 0 Å². The fraction of sp³-hybridized carbons (Fsp3) is 0.654. The van der Waals surface area contributed by atoms with Gasteiger partial charge in [0.15, 0.2) is 5.78 Å². The summed E-state index contributed by atoms with van der Waals surface area (Å²) in [5, 5.41) is 2.97. The van der Waals surface area contributed by atoms with Crippen molar-refractivity contribution in [2.45, 2.75) is 51.8 Å². The van der Waals surface area contributed by atoms with Crippen LogP contribution < -0.4 is 10.2 Å². The topological polar surface area (TPSA) is 82.2 Å². The second kappa shape index (κ2) is 10.4. The lowest BCUT2D eigenvalue weighted by molar-refractivity contribution is -0.138. The van der Waals surface area contributed by atoms with Crippen molar-refractivity contribution in [2.75, 3.05) is 51.3 Å². The Morgan fingerprint density at radius 3 is 2.41 bits per heavy atom. The molecule has 2 amide bonds. The number of hydrogen-bond donors (Lipinski definition) is 1. The second-order valence-electron chi connectivity index (χ2n) is 10.3. The van der Waals surface area contributed by atoms with Gasteiger partial charge in [0.05, 0.1) is 6.10 Å². The van der Waals surface area contributed by atoms with E-state index in [0.717, 1.165) is 38.3 Å². The normalized spacial score (nSPS) is 26.1. The molecular weight excluding hydrogens is 432 g/mol. The van der Waals surface area contributed by atoms with Crippen molar-refractivity contribution in [2.24, 2.45) is 11.8 Å². The van der Waals surface area contributed by atoms with Crippen LogP contribution in [-0.2, 0) is 14.3 Å². The first-order valence-corrected chi connectivity index (χ1v) is 12.6. The average Bonchev–Trinajstić information content (AvgIpc) is 3.39. The number of likely N-dealkylation sites (N-methyl/N-ethyl adjacent to an activating group) is 1. The van der Waals surface area contributed by atoms with Crippen molar-refractivity contribution in [3.8, 4) is 0 Å². The molecule has 0 aliphatic carbocycles. The van der Waals surface area contributed by atoms with E-state index in [-0.39, 0.29) is 42.1 Å². The summed E-state index contributed by atoms with van der Waals surface area (Å²) in [6.45, 7) is 10.7. The third kappa shape index (κ3) is 5.13. The SMILES string of the molecule is CC[C@@H]1CN(C(=O)C(CC(C)C)NC(=O)c2ccc(N3CCN(C)CC3)cc2)[C@@H]2C(=O)CO[C@H]12. The zero-order chi connectivity index (χ0) is 24.4. The standard InChI is InChI=1S/C26H38N4O4/c1-5-18-15-30(23-22(31)16-34-24(18)23)26(33)21(14-17(2)3)27-25(32)19-6-8-20(9-7-19)29-12-10-28(4)11-13-29/h6-9,17-18,21,23-24H,5,10-16H2,1-4H3,(H,27,32)/t18-,21?,23-,24-/m1/s1. The molecule has 34 heavy (non-hydrogen) atoms. The number of anilines is 1. The molecule has 0 aromatic heterocycles. The monoisotopic (exact) mass is 470 g/mol.